The third kappa shape index (κ3) is 2.02. The van der Waals surface area contributed by atoms with Gasteiger partial charge in [-0.3, -0.25) is 0 Å². The minimum absolute atomic E-state index is 1.07. The second-order valence-electron chi connectivity index (χ2n) is 4.05. The summed E-state index contributed by atoms with van der Waals surface area (Å²) in [6, 6.07) is 6.32. The van der Waals surface area contributed by atoms with E-state index in [1.54, 1.807) is 0 Å². The number of nitrogens with zero attached hydrogens (tertiary/aromatic N) is 1. The van der Waals surface area contributed by atoms with Crippen LogP contribution in [0, 0.1) is 6.92 Å². The van der Waals surface area contributed by atoms with Gasteiger partial charge in [-0.1, -0.05) is 6.07 Å². The molecule has 2 nitrogen and oxygen atoms in total. The third-order valence-electron chi connectivity index (χ3n) is 2.98. The van der Waals surface area contributed by atoms with Crippen LogP contribution in [-0.4, -0.2) is 18.0 Å². The molecule has 0 aliphatic rings. The number of pyridine rings is 1. The van der Waals surface area contributed by atoms with Gasteiger partial charge in [0.05, 0.1) is 5.52 Å². The molecule has 2 rings (SSSR count). The molecule has 0 saturated carbocycles. The summed E-state index contributed by atoms with van der Waals surface area (Å²) in [5.41, 5.74) is 4.04. The number of aromatic nitrogens is 1. The summed E-state index contributed by atoms with van der Waals surface area (Å²) in [4.78, 5) is 0. The minimum Gasteiger partial charge on any atom is -0.320 e. The maximum atomic E-state index is 3.67. The molecule has 0 fully saturated rings. The summed E-state index contributed by atoms with van der Waals surface area (Å²) in [7, 11) is 2.00. The van der Waals surface area contributed by atoms with E-state index in [-0.39, 0.29) is 0 Å². The van der Waals surface area contributed by atoms with Crippen molar-refractivity contribution in [1.29, 1.82) is 0 Å². The van der Waals surface area contributed by atoms with Crippen LogP contribution in [-0.2, 0) is 6.42 Å². The summed E-state index contributed by atoms with van der Waals surface area (Å²) in [6.45, 7) is 3.25. The second-order valence-corrected chi connectivity index (χ2v) is 4.84. The van der Waals surface area contributed by atoms with Crippen molar-refractivity contribution < 1.29 is 0 Å². The molecule has 0 atom stereocenters. The molecule has 1 N–H and O–H groups in total. The Morgan fingerprint density at radius 1 is 1.38 bits per heavy atom. The van der Waals surface area contributed by atoms with Crippen LogP contribution >= 0.6 is 15.9 Å². The predicted octanol–water partition coefficient (Wildman–Crippen LogP) is 3.16. The zero-order valence-corrected chi connectivity index (χ0v) is 11.3. The maximum Gasteiger partial charge on any atom is 0.0597 e. The molecule has 0 amide bonds. The molecule has 0 saturated heterocycles. The van der Waals surface area contributed by atoms with E-state index in [4.69, 9.17) is 0 Å². The van der Waals surface area contributed by atoms with Gasteiger partial charge in [-0.25, -0.2) is 0 Å². The van der Waals surface area contributed by atoms with Crippen LogP contribution in [0.5, 0.6) is 0 Å². The van der Waals surface area contributed by atoms with Crippen molar-refractivity contribution in [2.45, 2.75) is 19.8 Å². The van der Waals surface area contributed by atoms with E-state index in [1.165, 1.54) is 27.7 Å². The molecule has 2 aromatic heterocycles. The van der Waals surface area contributed by atoms with E-state index in [2.05, 4.69) is 57.0 Å². The van der Waals surface area contributed by atoms with Crippen molar-refractivity contribution in [2.24, 2.45) is 0 Å². The largest absolute Gasteiger partial charge is 0.320 e. The van der Waals surface area contributed by atoms with Crippen molar-refractivity contribution in [3.8, 4) is 0 Å². The highest BCUT2D eigenvalue weighted by Gasteiger charge is 2.11. The molecule has 0 aliphatic carbocycles. The van der Waals surface area contributed by atoms with Gasteiger partial charge in [0.1, 0.15) is 0 Å². The van der Waals surface area contributed by atoms with Crippen LogP contribution < -0.4 is 5.32 Å². The van der Waals surface area contributed by atoms with Gasteiger partial charge in [0.25, 0.3) is 0 Å². The van der Waals surface area contributed by atoms with Gasteiger partial charge in [-0.15, -0.1) is 0 Å². The summed E-state index contributed by atoms with van der Waals surface area (Å²) < 4.78 is 3.52. The van der Waals surface area contributed by atoms with E-state index in [9.17, 15) is 0 Å². The van der Waals surface area contributed by atoms with Crippen molar-refractivity contribution in [1.82, 2.24) is 9.72 Å². The molecule has 2 heterocycles. The average Bonchev–Trinajstić information content (AvgIpc) is 2.55. The topological polar surface area (TPSA) is 16.4 Å². The molecule has 3 heteroatoms. The SMILES string of the molecule is CNCCCc1c(C)c(Br)c2ccccn12. The summed E-state index contributed by atoms with van der Waals surface area (Å²) in [5.74, 6) is 0. The number of fused-ring (bicyclic) bond motifs is 1. The van der Waals surface area contributed by atoms with Crippen LogP contribution in [0.4, 0.5) is 0 Å². The van der Waals surface area contributed by atoms with Crippen LogP contribution in [0.1, 0.15) is 17.7 Å². The molecular weight excluding hydrogens is 264 g/mol. The number of aryl methyl sites for hydroxylation is 1. The van der Waals surface area contributed by atoms with E-state index >= 15 is 0 Å². The number of nitrogens with one attached hydrogen (secondary N) is 1. The number of rotatable bonds is 4. The predicted molar refractivity (Wildman–Crippen MR) is 72.1 cm³/mol. The molecule has 0 bridgehead atoms. The number of halogens is 1. The van der Waals surface area contributed by atoms with E-state index in [0.29, 0.717) is 0 Å². The monoisotopic (exact) mass is 280 g/mol. The molecule has 86 valence electrons. The summed E-state index contributed by atoms with van der Waals surface area (Å²) in [5, 5.41) is 3.19. The molecule has 16 heavy (non-hydrogen) atoms. The Kier molecular flexibility index (Phi) is 3.66. The first-order valence-electron chi connectivity index (χ1n) is 5.64. The number of hydrogen-bond donors (Lipinski definition) is 1. The fourth-order valence-electron chi connectivity index (χ4n) is 2.10. The van der Waals surface area contributed by atoms with Gasteiger partial charge >= 0.3 is 0 Å². The minimum atomic E-state index is 1.07. The second kappa shape index (κ2) is 5.02. The van der Waals surface area contributed by atoms with Crippen LogP contribution in [0.3, 0.4) is 0 Å². The van der Waals surface area contributed by atoms with Gasteiger partial charge in [0.15, 0.2) is 0 Å². The Bertz CT molecular complexity index is 488. The Morgan fingerprint density at radius 3 is 2.94 bits per heavy atom. The zero-order chi connectivity index (χ0) is 11.5. The van der Waals surface area contributed by atoms with Gasteiger partial charge < -0.3 is 9.72 Å². The Labute approximate surface area is 105 Å². The lowest BCUT2D eigenvalue weighted by atomic mass is 10.2. The molecule has 0 aromatic carbocycles. The highest BCUT2D eigenvalue weighted by atomic mass is 79.9. The molecule has 2 aromatic rings. The number of hydrogen-bond acceptors (Lipinski definition) is 1. The molecule has 0 aliphatic heterocycles. The van der Waals surface area contributed by atoms with Crippen LogP contribution in [0.2, 0.25) is 0 Å². The first-order chi connectivity index (χ1) is 7.75. The smallest absolute Gasteiger partial charge is 0.0597 e. The van der Waals surface area contributed by atoms with Crippen molar-refractivity contribution in [3.63, 3.8) is 0 Å². The molecule has 0 unspecified atom stereocenters. The normalized spacial score (nSPS) is 11.2. The standard InChI is InChI=1S/C13H17BrN2/c1-10-11(7-5-8-15-2)16-9-4-3-6-12(16)13(10)14/h3-4,6,9,15H,5,7-8H2,1-2H3. The van der Waals surface area contributed by atoms with Crippen LogP contribution in [0.25, 0.3) is 5.52 Å². The van der Waals surface area contributed by atoms with Gasteiger partial charge in [-0.2, -0.15) is 0 Å². The van der Waals surface area contributed by atoms with E-state index in [0.717, 1.165) is 13.0 Å². The van der Waals surface area contributed by atoms with Gasteiger partial charge in [-0.05, 0) is 67.0 Å². The summed E-state index contributed by atoms with van der Waals surface area (Å²) >= 11 is 3.67. The Hall–Kier alpha value is -0.800. The lowest BCUT2D eigenvalue weighted by Crippen LogP contribution is -2.09. The molecule has 0 radical (unpaired) electrons. The lowest BCUT2D eigenvalue weighted by Gasteiger charge is -2.04. The van der Waals surface area contributed by atoms with Gasteiger partial charge in [0, 0.05) is 16.4 Å². The first kappa shape index (κ1) is 11.7. The maximum absolute atomic E-state index is 3.67. The van der Waals surface area contributed by atoms with Gasteiger partial charge in [0.2, 0.25) is 0 Å². The highest BCUT2D eigenvalue weighted by molar-refractivity contribution is 9.10. The molecular formula is C13H17BrN2. The van der Waals surface area contributed by atoms with E-state index < -0.39 is 0 Å². The highest BCUT2D eigenvalue weighted by Crippen LogP contribution is 2.28. The van der Waals surface area contributed by atoms with Crippen molar-refractivity contribution in [2.75, 3.05) is 13.6 Å². The Balaban J connectivity index is 2.39. The zero-order valence-electron chi connectivity index (χ0n) is 9.76. The Morgan fingerprint density at radius 2 is 2.19 bits per heavy atom. The van der Waals surface area contributed by atoms with Crippen LogP contribution in [0.15, 0.2) is 28.9 Å². The van der Waals surface area contributed by atoms with Crippen molar-refractivity contribution >= 4 is 21.4 Å². The quantitative estimate of drug-likeness (QED) is 0.851. The third-order valence-corrected chi connectivity index (χ3v) is 3.98. The first-order valence-corrected chi connectivity index (χ1v) is 6.43. The lowest BCUT2D eigenvalue weighted by molar-refractivity contribution is 0.710. The summed E-state index contributed by atoms with van der Waals surface area (Å²) in [6.07, 6.45) is 4.43. The van der Waals surface area contributed by atoms with Crippen molar-refractivity contribution in [3.05, 3.63) is 40.1 Å². The van der Waals surface area contributed by atoms with E-state index in [1.807, 2.05) is 7.05 Å². The average molecular weight is 281 g/mol. The fourth-order valence-corrected chi connectivity index (χ4v) is 2.65. The molecule has 0 spiro atoms. The fraction of sp³-hybridized carbons (Fsp3) is 0.385.